The SMILES string of the molecule is COC(=O)c1cccc(C)c1NCCCOc1ccc(C(C)(C)C)cc1. The maximum atomic E-state index is 11.9. The molecule has 140 valence electrons. The Hall–Kier alpha value is -2.49. The largest absolute Gasteiger partial charge is 0.494 e. The van der Waals surface area contributed by atoms with Crippen molar-refractivity contribution in [3.8, 4) is 5.75 Å². The van der Waals surface area contributed by atoms with Gasteiger partial charge in [-0.2, -0.15) is 0 Å². The molecular formula is C22H29NO3. The van der Waals surface area contributed by atoms with Crippen LogP contribution in [0, 0.1) is 6.92 Å². The molecule has 0 aliphatic heterocycles. The Kier molecular flexibility index (Phi) is 6.67. The zero-order valence-electron chi connectivity index (χ0n) is 16.4. The van der Waals surface area contributed by atoms with Crippen LogP contribution in [0.25, 0.3) is 0 Å². The normalized spacial score (nSPS) is 11.1. The average Bonchev–Trinajstić information content (AvgIpc) is 2.61. The molecular weight excluding hydrogens is 326 g/mol. The lowest BCUT2D eigenvalue weighted by Gasteiger charge is -2.19. The lowest BCUT2D eigenvalue weighted by Crippen LogP contribution is -2.13. The number of ether oxygens (including phenoxy) is 2. The molecule has 0 fully saturated rings. The fraction of sp³-hybridized carbons (Fsp3) is 0.409. The minimum atomic E-state index is -0.327. The van der Waals surface area contributed by atoms with Crippen LogP contribution in [0.2, 0.25) is 0 Å². The highest BCUT2D eigenvalue weighted by atomic mass is 16.5. The lowest BCUT2D eigenvalue weighted by molar-refractivity contribution is 0.0601. The molecule has 2 rings (SSSR count). The van der Waals surface area contributed by atoms with Gasteiger partial charge in [0.05, 0.1) is 25.0 Å². The van der Waals surface area contributed by atoms with Gasteiger partial charge in [0.1, 0.15) is 5.75 Å². The Bertz CT molecular complexity index is 730. The molecule has 0 amide bonds. The van der Waals surface area contributed by atoms with E-state index in [4.69, 9.17) is 9.47 Å². The number of rotatable bonds is 7. The number of para-hydroxylation sites is 1. The highest BCUT2D eigenvalue weighted by Crippen LogP contribution is 2.24. The highest BCUT2D eigenvalue weighted by Gasteiger charge is 2.14. The first-order valence-corrected chi connectivity index (χ1v) is 8.98. The molecule has 0 aromatic heterocycles. The number of esters is 1. The summed E-state index contributed by atoms with van der Waals surface area (Å²) in [7, 11) is 1.40. The van der Waals surface area contributed by atoms with E-state index in [1.165, 1.54) is 12.7 Å². The van der Waals surface area contributed by atoms with Crippen molar-refractivity contribution < 1.29 is 14.3 Å². The molecule has 0 atom stereocenters. The number of aryl methyl sites for hydroxylation is 1. The fourth-order valence-corrected chi connectivity index (χ4v) is 2.71. The second kappa shape index (κ2) is 8.75. The number of methoxy groups -OCH3 is 1. The van der Waals surface area contributed by atoms with Gasteiger partial charge in [0.15, 0.2) is 0 Å². The van der Waals surface area contributed by atoms with Crippen molar-refractivity contribution in [3.63, 3.8) is 0 Å². The van der Waals surface area contributed by atoms with Gasteiger partial charge < -0.3 is 14.8 Å². The minimum Gasteiger partial charge on any atom is -0.494 e. The Morgan fingerprint density at radius 2 is 1.77 bits per heavy atom. The fourth-order valence-electron chi connectivity index (χ4n) is 2.71. The van der Waals surface area contributed by atoms with E-state index < -0.39 is 0 Å². The second-order valence-electron chi connectivity index (χ2n) is 7.39. The average molecular weight is 355 g/mol. The number of carbonyl (C=O) groups excluding carboxylic acids is 1. The predicted octanol–water partition coefficient (Wildman–Crippen LogP) is 4.96. The summed E-state index contributed by atoms with van der Waals surface area (Å²) in [5, 5.41) is 3.33. The molecule has 26 heavy (non-hydrogen) atoms. The van der Waals surface area contributed by atoms with E-state index in [1.54, 1.807) is 6.07 Å². The second-order valence-corrected chi connectivity index (χ2v) is 7.39. The Balaban J connectivity index is 1.84. The molecule has 0 aliphatic carbocycles. The van der Waals surface area contributed by atoms with Crippen LogP contribution in [-0.4, -0.2) is 26.2 Å². The Morgan fingerprint density at radius 1 is 1.08 bits per heavy atom. The third-order valence-corrected chi connectivity index (χ3v) is 4.29. The van der Waals surface area contributed by atoms with Crippen LogP contribution >= 0.6 is 0 Å². The van der Waals surface area contributed by atoms with Crippen LogP contribution < -0.4 is 10.1 Å². The third kappa shape index (κ3) is 5.25. The molecule has 0 spiro atoms. The van der Waals surface area contributed by atoms with E-state index in [9.17, 15) is 4.79 Å². The smallest absolute Gasteiger partial charge is 0.339 e. The molecule has 2 aromatic carbocycles. The summed E-state index contributed by atoms with van der Waals surface area (Å²) in [6, 6.07) is 13.9. The van der Waals surface area contributed by atoms with Crippen molar-refractivity contribution in [2.24, 2.45) is 0 Å². The van der Waals surface area contributed by atoms with Crippen LogP contribution in [0.5, 0.6) is 5.75 Å². The van der Waals surface area contributed by atoms with E-state index in [0.29, 0.717) is 12.2 Å². The zero-order chi connectivity index (χ0) is 19.2. The minimum absolute atomic E-state index is 0.146. The van der Waals surface area contributed by atoms with Crippen molar-refractivity contribution in [1.29, 1.82) is 0 Å². The summed E-state index contributed by atoms with van der Waals surface area (Å²) in [4.78, 5) is 11.9. The summed E-state index contributed by atoms with van der Waals surface area (Å²) in [5.74, 6) is 0.551. The molecule has 4 heteroatoms. The molecule has 0 radical (unpaired) electrons. The van der Waals surface area contributed by atoms with Gasteiger partial charge in [-0.05, 0) is 48.1 Å². The van der Waals surface area contributed by atoms with Gasteiger partial charge in [-0.15, -0.1) is 0 Å². The van der Waals surface area contributed by atoms with Gasteiger partial charge in [0, 0.05) is 6.54 Å². The van der Waals surface area contributed by atoms with Crippen LogP contribution in [0.1, 0.15) is 48.7 Å². The molecule has 0 heterocycles. The number of benzene rings is 2. The predicted molar refractivity (Wildman–Crippen MR) is 106 cm³/mol. The maximum Gasteiger partial charge on any atom is 0.339 e. The quantitative estimate of drug-likeness (QED) is 0.563. The van der Waals surface area contributed by atoms with Crippen LogP contribution in [-0.2, 0) is 10.2 Å². The number of anilines is 1. The first kappa shape index (κ1) is 19.8. The number of nitrogens with one attached hydrogen (secondary N) is 1. The van der Waals surface area contributed by atoms with Gasteiger partial charge in [0.2, 0.25) is 0 Å². The topological polar surface area (TPSA) is 47.6 Å². The van der Waals surface area contributed by atoms with E-state index in [0.717, 1.165) is 30.0 Å². The molecule has 2 aromatic rings. The Labute approximate surface area is 156 Å². The number of carbonyl (C=O) groups is 1. The number of hydrogen-bond acceptors (Lipinski definition) is 4. The first-order chi connectivity index (χ1) is 12.3. The monoisotopic (exact) mass is 355 g/mol. The van der Waals surface area contributed by atoms with E-state index in [1.807, 2.05) is 31.2 Å². The molecule has 0 unspecified atom stereocenters. The van der Waals surface area contributed by atoms with Gasteiger partial charge in [-0.3, -0.25) is 0 Å². The summed E-state index contributed by atoms with van der Waals surface area (Å²) in [5.41, 5.74) is 3.85. The summed E-state index contributed by atoms with van der Waals surface area (Å²) in [6.07, 6.45) is 0.829. The molecule has 1 N–H and O–H groups in total. The van der Waals surface area contributed by atoms with Crippen molar-refractivity contribution in [2.75, 3.05) is 25.6 Å². The summed E-state index contributed by atoms with van der Waals surface area (Å²) < 4.78 is 10.7. The lowest BCUT2D eigenvalue weighted by atomic mass is 9.87. The van der Waals surface area contributed by atoms with Crippen molar-refractivity contribution in [3.05, 3.63) is 59.2 Å². The van der Waals surface area contributed by atoms with Crippen LogP contribution in [0.3, 0.4) is 0 Å². The third-order valence-electron chi connectivity index (χ3n) is 4.29. The highest BCUT2D eigenvalue weighted by molar-refractivity contribution is 5.96. The zero-order valence-corrected chi connectivity index (χ0v) is 16.4. The molecule has 0 saturated carbocycles. The first-order valence-electron chi connectivity index (χ1n) is 8.98. The number of hydrogen-bond donors (Lipinski definition) is 1. The van der Waals surface area contributed by atoms with Gasteiger partial charge in [-0.25, -0.2) is 4.79 Å². The Morgan fingerprint density at radius 3 is 2.38 bits per heavy atom. The standard InChI is InChI=1S/C22H29NO3/c1-16-8-6-9-19(21(24)25-5)20(16)23-14-7-15-26-18-12-10-17(11-13-18)22(2,3)4/h6,8-13,23H,7,14-15H2,1-5H3. The summed E-state index contributed by atoms with van der Waals surface area (Å²) >= 11 is 0. The molecule has 0 bridgehead atoms. The maximum absolute atomic E-state index is 11.9. The van der Waals surface area contributed by atoms with E-state index in [-0.39, 0.29) is 11.4 Å². The van der Waals surface area contributed by atoms with Crippen molar-refractivity contribution in [1.82, 2.24) is 0 Å². The van der Waals surface area contributed by atoms with Crippen LogP contribution in [0.4, 0.5) is 5.69 Å². The van der Waals surface area contributed by atoms with Gasteiger partial charge >= 0.3 is 5.97 Å². The summed E-state index contributed by atoms with van der Waals surface area (Å²) in [6.45, 7) is 9.90. The molecule has 4 nitrogen and oxygen atoms in total. The van der Waals surface area contributed by atoms with Gasteiger partial charge in [0.25, 0.3) is 0 Å². The van der Waals surface area contributed by atoms with Gasteiger partial charge in [-0.1, -0.05) is 45.0 Å². The van der Waals surface area contributed by atoms with Crippen LogP contribution in [0.15, 0.2) is 42.5 Å². The van der Waals surface area contributed by atoms with Crippen molar-refractivity contribution in [2.45, 2.75) is 39.5 Å². The van der Waals surface area contributed by atoms with Crippen molar-refractivity contribution >= 4 is 11.7 Å². The molecule has 0 aliphatic rings. The van der Waals surface area contributed by atoms with E-state index in [2.05, 4.69) is 38.2 Å². The van der Waals surface area contributed by atoms with E-state index >= 15 is 0 Å². The molecule has 0 saturated heterocycles.